The van der Waals surface area contributed by atoms with Gasteiger partial charge in [0.25, 0.3) is 0 Å². The van der Waals surface area contributed by atoms with E-state index in [2.05, 4.69) is 10.6 Å². The highest BCUT2D eigenvalue weighted by atomic mass is 32.1. The van der Waals surface area contributed by atoms with Crippen LogP contribution in [-0.2, 0) is 9.53 Å². The molecule has 2 amide bonds. The van der Waals surface area contributed by atoms with E-state index in [0.717, 1.165) is 10.1 Å². The summed E-state index contributed by atoms with van der Waals surface area (Å²) >= 11 is 1.63. The largest absolute Gasteiger partial charge is 0.479 e. The van der Waals surface area contributed by atoms with Crippen molar-refractivity contribution in [3.8, 4) is 0 Å². The van der Waals surface area contributed by atoms with Crippen LogP contribution in [0.25, 0.3) is 10.1 Å². The summed E-state index contributed by atoms with van der Waals surface area (Å²) in [4.78, 5) is 22.4. The number of nitrogens with one attached hydrogen (secondary N) is 2. The van der Waals surface area contributed by atoms with Gasteiger partial charge in [0.1, 0.15) is 0 Å². The fourth-order valence-electron chi connectivity index (χ4n) is 1.68. The zero-order chi connectivity index (χ0) is 14.5. The van der Waals surface area contributed by atoms with Gasteiger partial charge in [-0.15, -0.1) is 11.3 Å². The van der Waals surface area contributed by atoms with Gasteiger partial charge in [0.05, 0.1) is 6.54 Å². The van der Waals surface area contributed by atoms with Crippen molar-refractivity contribution in [1.29, 1.82) is 0 Å². The number of anilines is 1. The van der Waals surface area contributed by atoms with E-state index in [1.807, 2.05) is 23.6 Å². The van der Waals surface area contributed by atoms with E-state index >= 15 is 0 Å². The van der Waals surface area contributed by atoms with Crippen LogP contribution in [0.5, 0.6) is 0 Å². The van der Waals surface area contributed by atoms with Gasteiger partial charge < -0.3 is 20.5 Å². The van der Waals surface area contributed by atoms with Crippen molar-refractivity contribution < 1.29 is 19.4 Å². The lowest BCUT2D eigenvalue weighted by Gasteiger charge is -2.12. The van der Waals surface area contributed by atoms with E-state index in [1.54, 1.807) is 17.4 Å². The number of fused-ring (bicyclic) bond motifs is 1. The summed E-state index contributed by atoms with van der Waals surface area (Å²) in [5.74, 6) is -1.12. The number of aliphatic carboxylic acids is 1. The molecule has 0 spiro atoms. The number of amides is 2. The Kier molecular flexibility index (Phi) is 4.54. The van der Waals surface area contributed by atoms with Crippen molar-refractivity contribution in [3.05, 3.63) is 29.6 Å². The lowest BCUT2D eigenvalue weighted by molar-refractivity contribution is -0.147. The van der Waals surface area contributed by atoms with E-state index in [0.29, 0.717) is 5.69 Å². The fraction of sp³-hybridized carbons (Fsp3) is 0.231. The minimum Gasteiger partial charge on any atom is -0.479 e. The molecule has 1 heterocycles. The number of hydrogen-bond acceptors (Lipinski definition) is 4. The molecular weight excluding hydrogens is 280 g/mol. The second-order valence-corrected chi connectivity index (χ2v) is 5.02. The number of carboxylic acids is 1. The van der Waals surface area contributed by atoms with E-state index in [4.69, 9.17) is 9.84 Å². The number of urea groups is 1. The summed E-state index contributed by atoms with van der Waals surface area (Å²) in [5, 5.41) is 16.9. The van der Waals surface area contributed by atoms with Crippen LogP contribution >= 0.6 is 11.3 Å². The van der Waals surface area contributed by atoms with Crippen LogP contribution in [0.4, 0.5) is 10.5 Å². The summed E-state index contributed by atoms with van der Waals surface area (Å²) in [6.45, 7) is -0.0988. The van der Waals surface area contributed by atoms with Gasteiger partial charge in [0, 0.05) is 17.5 Å². The molecule has 2 rings (SSSR count). The Morgan fingerprint density at radius 2 is 2.20 bits per heavy atom. The van der Waals surface area contributed by atoms with Gasteiger partial charge in [-0.1, -0.05) is 0 Å². The quantitative estimate of drug-likeness (QED) is 0.788. The van der Waals surface area contributed by atoms with Crippen LogP contribution in [0.3, 0.4) is 0 Å². The van der Waals surface area contributed by atoms with E-state index in [9.17, 15) is 9.59 Å². The molecule has 1 aromatic carbocycles. The van der Waals surface area contributed by atoms with Crippen molar-refractivity contribution in [2.75, 3.05) is 19.0 Å². The Bertz CT molecular complexity index is 626. The summed E-state index contributed by atoms with van der Waals surface area (Å²) in [5.41, 5.74) is 0.651. The molecule has 6 nitrogen and oxygen atoms in total. The molecular formula is C13H14N2O4S. The van der Waals surface area contributed by atoms with E-state index in [1.165, 1.54) is 7.11 Å². The topological polar surface area (TPSA) is 87.7 Å². The number of hydrogen-bond donors (Lipinski definition) is 3. The van der Waals surface area contributed by atoms with Crippen molar-refractivity contribution in [2.45, 2.75) is 6.10 Å². The zero-order valence-corrected chi connectivity index (χ0v) is 11.6. The van der Waals surface area contributed by atoms with Crippen molar-refractivity contribution in [3.63, 3.8) is 0 Å². The molecule has 0 fully saturated rings. The van der Waals surface area contributed by atoms with Gasteiger partial charge >= 0.3 is 12.0 Å². The number of rotatable bonds is 5. The lowest BCUT2D eigenvalue weighted by atomic mass is 10.2. The van der Waals surface area contributed by atoms with Crippen molar-refractivity contribution in [1.82, 2.24) is 5.32 Å². The smallest absolute Gasteiger partial charge is 0.334 e. The van der Waals surface area contributed by atoms with Gasteiger partial charge in [-0.3, -0.25) is 0 Å². The first-order valence-corrected chi connectivity index (χ1v) is 6.76. The summed E-state index contributed by atoms with van der Waals surface area (Å²) in [6, 6.07) is 7.07. The van der Waals surface area contributed by atoms with Crippen LogP contribution in [0.2, 0.25) is 0 Å². The maximum atomic E-state index is 11.7. The highest BCUT2D eigenvalue weighted by molar-refractivity contribution is 7.17. The second-order valence-electron chi connectivity index (χ2n) is 4.07. The molecule has 1 atom stereocenters. The highest BCUT2D eigenvalue weighted by Crippen LogP contribution is 2.23. The van der Waals surface area contributed by atoms with Crippen LogP contribution in [0.15, 0.2) is 29.6 Å². The van der Waals surface area contributed by atoms with Crippen molar-refractivity contribution >= 4 is 39.1 Å². The SMILES string of the molecule is COC(CNC(=O)Nc1ccc2sccc2c1)C(=O)O. The predicted molar refractivity (Wildman–Crippen MR) is 77.3 cm³/mol. The molecule has 1 unspecified atom stereocenters. The van der Waals surface area contributed by atoms with Crippen LogP contribution in [0, 0.1) is 0 Å². The molecule has 0 aliphatic rings. The number of carboxylic acid groups (broad SMARTS) is 1. The Balaban J connectivity index is 1.92. The molecule has 0 radical (unpaired) electrons. The first kappa shape index (κ1) is 14.3. The second kappa shape index (κ2) is 6.36. The first-order chi connectivity index (χ1) is 9.60. The average Bonchev–Trinajstić information content (AvgIpc) is 2.86. The summed E-state index contributed by atoms with van der Waals surface area (Å²) in [7, 11) is 1.28. The fourth-order valence-corrected chi connectivity index (χ4v) is 2.45. The lowest BCUT2D eigenvalue weighted by Crippen LogP contribution is -2.39. The minimum absolute atomic E-state index is 0.0988. The maximum absolute atomic E-state index is 11.7. The third-order valence-corrected chi connectivity index (χ3v) is 3.62. The molecule has 106 valence electrons. The Morgan fingerprint density at radius 3 is 2.90 bits per heavy atom. The van der Waals surface area contributed by atoms with Crippen LogP contribution in [-0.4, -0.2) is 36.9 Å². The molecule has 7 heteroatoms. The van der Waals surface area contributed by atoms with Gasteiger partial charge in [0.2, 0.25) is 0 Å². The molecule has 2 aromatic rings. The number of carbonyl (C=O) groups is 2. The number of ether oxygens (including phenoxy) is 1. The van der Waals surface area contributed by atoms with Crippen LogP contribution in [0.1, 0.15) is 0 Å². The Hall–Kier alpha value is -2.12. The molecule has 0 bridgehead atoms. The average molecular weight is 294 g/mol. The first-order valence-electron chi connectivity index (χ1n) is 5.88. The summed E-state index contributed by atoms with van der Waals surface area (Å²) in [6.07, 6.45) is -1.06. The third kappa shape index (κ3) is 3.46. The number of carbonyl (C=O) groups excluding carboxylic acids is 1. The molecule has 20 heavy (non-hydrogen) atoms. The van der Waals surface area contributed by atoms with Crippen molar-refractivity contribution in [2.24, 2.45) is 0 Å². The summed E-state index contributed by atoms with van der Waals surface area (Å²) < 4.78 is 5.86. The predicted octanol–water partition coefficient (Wildman–Crippen LogP) is 2.12. The maximum Gasteiger partial charge on any atom is 0.334 e. The number of benzene rings is 1. The van der Waals surface area contributed by atoms with Gasteiger partial charge in [0.15, 0.2) is 6.10 Å². The third-order valence-electron chi connectivity index (χ3n) is 2.72. The number of thiophene rings is 1. The minimum atomic E-state index is -1.12. The monoisotopic (exact) mass is 294 g/mol. The molecule has 3 N–H and O–H groups in total. The van der Waals surface area contributed by atoms with Gasteiger partial charge in [-0.25, -0.2) is 9.59 Å². The normalized spacial score (nSPS) is 12.1. The number of methoxy groups -OCH3 is 1. The molecule has 0 saturated heterocycles. The van der Waals surface area contributed by atoms with E-state index in [-0.39, 0.29) is 6.54 Å². The van der Waals surface area contributed by atoms with Crippen LogP contribution < -0.4 is 10.6 Å². The molecule has 1 aromatic heterocycles. The zero-order valence-electron chi connectivity index (χ0n) is 10.8. The van der Waals surface area contributed by atoms with E-state index < -0.39 is 18.1 Å². The van der Waals surface area contributed by atoms with Gasteiger partial charge in [-0.05, 0) is 35.0 Å². The standard InChI is InChI=1S/C13H14N2O4S/c1-19-10(12(16)17)7-14-13(18)15-9-2-3-11-8(6-9)4-5-20-11/h2-6,10H,7H2,1H3,(H,16,17)(H2,14,15,18). The molecule has 0 saturated carbocycles. The highest BCUT2D eigenvalue weighted by Gasteiger charge is 2.17. The molecule has 0 aliphatic heterocycles. The molecule has 0 aliphatic carbocycles. The Morgan fingerprint density at radius 1 is 1.40 bits per heavy atom. The van der Waals surface area contributed by atoms with Gasteiger partial charge in [-0.2, -0.15) is 0 Å². The Labute approximate surface area is 119 Å².